The lowest BCUT2D eigenvalue weighted by atomic mass is 10.1. The molecule has 2 aromatic carbocycles. The van der Waals surface area contributed by atoms with E-state index in [9.17, 15) is 13.2 Å². The molecule has 0 heterocycles. The highest BCUT2D eigenvalue weighted by atomic mass is 32.2. The molecule has 0 spiro atoms. The zero-order chi connectivity index (χ0) is 18.8. The van der Waals surface area contributed by atoms with Crippen molar-refractivity contribution in [3.05, 3.63) is 53.1 Å². The van der Waals surface area contributed by atoms with Crippen LogP contribution >= 0.6 is 0 Å². The predicted octanol–water partition coefficient (Wildman–Crippen LogP) is 2.81. The van der Waals surface area contributed by atoms with Gasteiger partial charge in [-0.1, -0.05) is 0 Å². The first kappa shape index (κ1) is 18.8. The van der Waals surface area contributed by atoms with E-state index in [2.05, 4.69) is 4.72 Å². The van der Waals surface area contributed by atoms with Gasteiger partial charge in [0.15, 0.2) is 0 Å². The molecule has 7 heteroatoms. The minimum absolute atomic E-state index is 0.143. The van der Waals surface area contributed by atoms with Crippen LogP contribution in [0.5, 0.6) is 5.75 Å². The lowest BCUT2D eigenvalue weighted by molar-refractivity contribution is 0.0827. The van der Waals surface area contributed by atoms with Crippen LogP contribution in [0.3, 0.4) is 0 Å². The summed E-state index contributed by atoms with van der Waals surface area (Å²) < 4.78 is 33.1. The number of carbonyl (C=O) groups excluding carboxylic acids is 1. The van der Waals surface area contributed by atoms with Crippen molar-refractivity contribution in [2.24, 2.45) is 0 Å². The third-order valence-electron chi connectivity index (χ3n) is 3.99. The summed E-state index contributed by atoms with van der Waals surface area (Å²) in [6, 6.07) is 9.47. The highest BCUT2D eigenvalue weighted by Gasteiger charge is 2.20. The second-order valence-corrected chi connectivity index (χ2v) is 7.55. The first-order valence-electron chi connectivity index (χ1n) is 7.66. The Morgan fingerprint density at radius 3 is 2.12 bits per heavy atom. The van der Waals surface area contributed by atoms with Gasteiger partial charge >= 0.3 is 0 Å². The molecule has 1 N–H and O–H groups in total. The van der Waals surface area contributed by atoms with Gasteiger partial charge in [-0.05, 0) is 61.4 Å². The van der Waals surface area contributed by atoms with E-state index in [0.29, 0.717) is 22.6 Å². The SMILES string of the molecule is COc1ccc(S(=O)(=O)Nc2ccc(C(=O)N(C)C)cc2)c(C)c1C. The maximum atomic E-state index is 12.7. The van der Waals surface area contributed by atoms with Gasteiger partial charge in [0.2, 0.25) is 0 Å². The van der Waals surface area contributed by atoms with Crippen molar-refractivity contribution >= 4 is 21.6 Å². The maximum absolute atomic E-state index is 12.7. The summed E-state index contributed by atoms with van der Waals surface area (Å²) in [4.78, 5) is 13.5. The quantitative estimate of drug-likeness (QED) is 0.887. The monoisotopic (exact) mass is 362 g/mol. The molecular formula is C18H22N2O4S. The summed E-state index contributed by atoms with van der Waals surface area (Å²) in [6.45, 7) is 3.56. The molecule has 0 aliphatic carbocycles. The van der Waals surface area contributed by atoms with Crippen LogP contribution in [0.25, 0.3) is 0 Å². The van der Waals surface area contributed by atoms with Crippen LogP contribution in [0.2, 0.25) is 0 Å². The lowest BCUT2D eigenvalue weighted by Crippen LogP contribution is -2.21. The van der Waals surface area contributed by atoms with Crippen molar-refractivity contribution in [2.45, 2.75) is 18.7 Å². The minimum Gasteiger partial charge on any atom is -0.496 e. The average molecular weight is 362 g/mol. The summed E-state index contributed by atoms with van der Waals surface area (Å²) >= 11 is 0. The molecule has 0 aromatic heterocycles. The Kier molecular flexibility index (Phi) is 5.37. The van der Waals surface area contributed by atoms with Crippen molar-refractivity contribution in [1.29, 1.82) is 0 Å². The van der Waals surface area contributed by atoms with E-state index in [1.807, 2.05) is 6.92 Å². The van der Waals surface area contributed by atoms with Crippen LogP contribution in [0.15, 0.2) is 41.3 Å². The zero-order valence-electron chi connectivity index (χ0n) is 15.0. The van der Waals surface area contributed by atoms with Gasteiger partial charge in [-0.25, -0.2) is 8.42 Å². The van der Waals surface area contributed by atoms with E-state index in [1.165, 1.54) is 11.0 Å². The Labute approximate surface area is 148 Å². The normalized spacial score (nSPS) is 11.1. The third kappa shape index (κ3) is 3.93. The molecule has 0 atom stereocenters. The molecule has 134 valence electrons. The third-order valence-corrected chi connectivity index (χ3v) is 5.51. The van der Waals surface area contributed by atoms with Crippen LogP contribution in [0.1, 0.15) is 21.5 Å². The average Bonchev–Trinajstić information content (AvgIpc) is 2.56. The van der Waals surface area contributed by atoms with E-state index in [1.54, 1.807) is 58.5 Å². The second kappa shape index (κ2) is 7.14. The molecule has 0 aliphatic heterocycles. The Balaban J connectivity index is 2.30. The molecule has 0 radical (unpaired) electrons. The Hall–Kier alpha value is -2.54. The lowest BCUT2D eigenvalue weighted by Gasteiger charge is -2.15. The number of hydrogen-bond donors (Lipinski definition) is 1. The van der Waals surface area contributed by atoms with E-state index >= 15 is 0 Å². The number of hydrogen-bond acceptors (Lipinski definition) is 4. The Morgan fingerprint density at radius 2 is 1.60 bits per heavy atom. The standard InChI is InChI=1S/C18H22N2O4S/c1-12-13(2)17(11-10-16(12)24-5)25(22,23)19-15-8-6-14(7-9-15)18(21)20(3)4/h6-11,19H,1-5H3. The molecule has 25 heavy (non-hydrogen) atoms. The van der Waals surface area contributed by atoms with Gasteiger partial charge in [0.05, 0.1) is 12.0 Å². The number of anilines is 1. The molecule has 0 saturated carbocycles. The number of benzene rings is 2. The number of amides is 1. The summed E-state index contributed by atoms with van der Waals surface area (Å²) in [7, 11) is 1.13. The number of nitrogens with zero attached hydrogens (tertiary/aromatic N) is 1. The number of nitrogens with one attached hydrogen (secondary N) is 1. The molecule has 0 unspecified atom stereocenters. The largest absolute Gasteiger partial charge is 0.496 e. The minimum atomic E-state index is -3.74. The van der Waals surface area contributed by atoms with Gasteiger partial charge in [0, 0.05) is 25.3 Å². The summed E-state index contributed by atoms with van der Waals surface area (Å²) in [5, 5.41) is 0. The van der Waals surface area contributed by atoms with Crippen LogP contribution in [-0.4, -0.2) is 40.4 Å². The summed E-state index contributed by atoms with van der Waals surface area (Å²) in [5.74, 6) is 0.499. The molecule has 2 aromatic rings. The molecule has 1 amide bonds. The Morgan fingerprint density at radius 1 is 1.00 bits per heavy atom. The Bertz CT molecular complexity index is 888. The van der Waals surface area contributed by atoms with Crippen LogP contribution in [0.4, 0.5) is 5.69 Å². The molecular weight excluding hydrogens is 340 g/mol. The van der Waals surface area contributed by atoms with Gasteiger partial charge in [-0.2, -0.15) is 0 Å². The fourth-order valence-electron chi connectivity index (χ4n) is 2.43. The van der Waals surface area contributed by atoms with E-state index in [4.69, 9.17) is 4.74 Å². The van der Waals surface area contributed by atoms with Crippen LogP contribution in [-0.2, 0) is 10.0 Å². The molecule has 6 nitrogen and oxygen atoms in total. The molecule has 0 bridgehead atoms. The van der Waals surface area contributed by atoms with Gasteiger partial charge in [0.1, 0.15) is 5.75 Å². The van der Waals surface area contributed by atoms with Crippen molar-refractivity contribution in [1.82, 2.24) is 4.90 Å². The van der Waals surface area contributed by atoms with Crippen molar-refractivity contribution in [3.63, 3.8) is 0 Å². The van der Waals surface area contributed by atoms with Crippen molar-refractivity contribution in [3.8, 4) is 5.75 Å². The fourth-order valence-corrected chi connectivity index (χ4v) is 3.79. The van der Waals surface area contributed by atoms with Crippen molar-refractivity contribution in [2.75, 3.05) is 25.9 Å². The fraction of sp³-hybridized carbons (Fsp3) is 0.278. The van der Waals surface area contributed by atoms with E-state index < -0.39 is 10.0 Å². The van der Waals surface area contributed by atoms with Gasteiger partial charge in [-0.15, -0.1) is 0 Å². The highest BCUT2D eigenvalue weighted by molar-refractivity contribution is 7.92. The highest BCUT2D eigenvalue weighted by Crippen LogP contribution is 2.28. The smallest absolute Gasteiger partial charge is 0.262 e. The number of rotatable bonds is 5. The molecule has 0 fully saturated rings. The zero-order valence-corrected chi connectivity index (χ0v) is 15.8. The van der Waals surface area contributed by atoms with Gasteiger partial charge in [-0.3, -0.25) is 9.52 Å². The number of methoxy groups -OCH3 is 1. The molecule has 2 rings (SSSR count). The van der Waals surface area contributed by atoms with E-state index in [-0.39, 0.29) is 10.8 Å². The summed E-state index contributed by atoms with van der Waals surface area (Å²) in [5.41, 5.74) is 2.29. The van der Waals surface area contributed by atoms with Crippen LogP contribution in [0, 0.1) is 13.8 Å². The van der Waals surface area contributed by atoms with Gasteiger partial charge < -0.3 is 9.64 Å². The maximum Gasteiger partial charge on any atom is 0.262 e. The number of carbonyl (C=O) groups is 1. The predicted molar refractivity (Wildman–Crippen MR) is 97.7 cm³/mol. The van der Waals surface area contributed by atoms with Gasteiger partial charge in [0.25, 0.3) is 15.9 Å². The van der Waals surface area contributed by atoms with Crippen LogP contribution < -0.4 is 9.46 Å². The van der Waals surface area contributed by atoms with E-state index in [0.717, 1.165) is 5.56 Å². The van der Waals surface area contributed by atoms with Crippen molar-refractivity contribution < 1.29 is 17.9 Å². The summed E-state index contributed by atoms with van der Waals surface area (Å²) in [6.07, 6.45) is 0. The number of ether oxygens (including phenoxy) is 1. The molecule has 0 aliphatic rings. The number of sulfonamides is 1. The second-order valence-electron chi connectivity index (χ2n) is 5.90. The molecule has 0 saturated heterocycles. The first-order chi connectivity index (χ1) is 11.7. The topological polar surface area (TPSA) is 75.7 Å². The first-order valence-corrected chi connectivity index (χ1v) is 9.14.